The third kappa shape index (κ3) is 4.56. The van der Waals surface area contributed by atoms with Gasteiger partial charge in [0.25, 0.3) is 0 Å². The van der Waals surface area contributed by atoms with Crippen LogP contribution in [0.4, 0.5) is 5.82 Å². The molecule has 33 heavy (non-hydrogen) atoms. The standard InChI is InChI=1S/C24H29N5O3S/c1-15-12-18(33(5,30)31)6-7-19(15)20-13-22(29-10-11-32-14-16(29)2)27-23(17(20)3)24(25-4)21-8-9-26-28-21/h6-9,12-13,16H,10-11,14H2,1-5H3,(H,26,28)/t16-/m1/s1. The third-order valence-electron chi connectivity index (χ3n) is 6.04. The van der Waals surface area contributed by atoms with Gasteiger partial charge >= 0.3 is 0 Å². The Kier molecular flexibility index (Phi) is 6.36. The van der Waals surface area contributed by atoms with Crippen LogP contribution in [0.2, 0.25) is 0 Å². The maximum Gasteiger partial charge on any atom is 0.175 e. The molecular weight excluding hydrogens is 438 g/mol. The summed E-state index contributed by atoms with van der Waals surface area (Å²) in [5, 5.41) is 7.08. The third-order valence-corrected chi connectivity index (χ3v) is 7.15. The number of pyridine rings is 1. The molecule has 0 spiro atoms. The summed E-state index contributed by atoms with van der Waals surface area (Å²) in [4.78, 5) is 12.1. The zero-order valence-electron chi connectivity index (χ0n) is 19.6. The van der Waals surface area contributed by atoms with Crippen LogP contribution in [0.5, 0.6) is 0 Å². The van der Waals surface area contributed by atoms with Crippen LogP contribution in [0, 0.1) is 13.8 Å². The van der Waals surface area contributed by atoms with Crippen molar-refractivity contribution in [3.63, 3.8) is 0 Å². The molecule has 3 aromatic rings. The van der Waals surface area contributed by atoms with Crippen molar-refractivity contribution < 1.29 is 13.2 Å². The number of rotatable bonds is 5. The Hall–Kier alpha value is -3.04. The number of aromatic amines is 1. The predicted molar refractivity (Wildman–Crippen MR) is 130 cm³/mol. The lowest BCUT2D eigenvalue weighted by atomic mass is 9.94. The molecule has 3 heterocycles. The second-order valence-electron chi connectivity index (χ2n) is 8.41. The lowest BCUT2D eigenvalue weighted by Gasteiger charge is -2.35. The molecule has 0 aliphatic carbocycles. The van der Waals surface area contributed by atoms with E-state index in [1.807, 2.05) is 26.0 Å². The summed E-state index contributed by atoms with van der Waals surface area (Å²) in [6, 6.07) is 9.41. The monoisotopic (exact) mass is 467 g/mol. The number of ether oxygens (including phenoxy) is 1. The molecule has 1 aliphatic heterocycles. The van der Waals surface area contributed by atoms with Gasteiger partial charge in [0, 0.05) is 26.0 Å². The van der Waals surface area contributed by atoms with Gasteiger partial charge in [-0.25, -0.2) is 13.4 Å². The quantitative estimate of drug-likeness (QED) is 0.579. The van der Waals surface area contributed by atoms with Gasteiger partial charge in [-0.3, -0.25) is 10.1 Å². The van der Waals surface area contributed by atoms with E-state index in [-0.39, 0.29) is 6.04 Å². The lowest BCUT2D eigenvalue weighted by molar-refractivity contribution is 0.0985. The molecule has 1 saturated heterocycles. The summed E-state index contributed by atoms with van der Waals surface area (Å²) in [5.41, 5.74) is 6.08. The summed E-state index contributed by atoms with van der Waals surface area (Å²) in [6.07, 6.45) is 2.92. The lowest BCUT2D eigenvalue weighted by Crippen LogP contribution is -2.44. The molecule has 0 amide bonds. The topological polar surface area (TPSA) is 101 Å². The number of nitrogens with one attached hydrogen (secondary N) is 1. The van der Waals surface area contributed by atoms with E-state index in [1.54, 1.807) is 25.4 Å². The summed E-state index contributed by atoms with van der Waals surface area (Å²) in [7, 11) is -1.54. The highest BCUT2D eigenvalue weighted by Gasteiger charge is 2.25. The molecule has 0 unspecified atom stereocenters. The van der Waals surface area contributed by atoms with Gasteiger partial charge in [-0.2, -0.15) is 5.10 Å². The largest absolute Gasteiger partial charge is 0.377 e. The number of hydrogen-bond acceptors (Lipinski definition) is 7. The predicted octanol–water partition coefficient (Wildman–Crippen LogP) is 3.18. The molecule has 8 nitrogen and oxygen atoms in total. The van der Waals surface area contributed by atoms with Crippen molar-refractivity contribution in [1.29, 1.82) is 0 Å². The van der Waals surface area contributed by atoms with Crippen LogP contribution in [0.1, 0.15) is 29.4 Å². The molecule has 1 atom stereocenters. The Labute approximate surface area is 194 Å². The fourth-order valence-corrected chi connectivity index (χ4v) is 4.94. The highest BCUT2D eigenvalue weighted by molar-refractivity contribution is 7.90. The minimum absolute atomic E-state index is 0.178. The van der Waals surface area contributed by atoms with E-state index in [2.05, 4.69) is 33.1 Å². The molecule has 0 radical (unpaired) electrons. The van der Waals surface area contributed by atoms with Crippen LogP contribution in [0.25, 0.3) is 11.1 Å². The average Bonchev–Trinajstić information content (AvgIpc) is 3.30. The molecule has 4 rings (SSSR count). The summed E-state index contributed by atoms with van der Waals surface area (Å²) in [6.45, 7) is 8.10. The van der Waals surface area contributed by atoms with Gasteiger partial charge in [0.05, 0.1) is 35.5 Å². The number of H-pyrrole nitrogens is 1. The molecule has 1 fully saturated rings. The number of benzene rings is 1. The van der Waals surface area contributed by atoms with Gasteiger partial charge in [0.15, 0.2) is 9.84 Å². The summed E-state index contributed by atoms with van der Waals surface area (Å²) >= 11 is 0. The first-order valence-corrected chi connectivity index (χ1v) is 12.7. The molecule has 1 aliphatic rings. The Balaban J connectivity index is 1.94. The van der Waals surface area contributed by atoms with Crippen LogP contribution >= 0.6 is 0 Å². The van der Waals surface area contributed by atoms with E-state index in [9.17, 15) is 8.42 Å². The number of aryl methyl sites for hydroxylation is 1. The normalized spacial score (nSPS) is 17.4. The average molecular weight is 468 g/mol. The van der Waals surface area contributed by atoms with Gasteiger partial charge < -0.3 is 9.64 Å². The fourth-order valence-electron chi connectivity index (χ4n) is 4.23. The van der Waals surface area contributed by atoms with E-state index < -0.39 is 9.84 Å². The van der Waals surface area contributed by atoms with Crippen LogP contribution in [-0.4, -0.2) is 68.4 Å². The fraction of sp³-hybridized carbons (Fsp3) is 0.375. The van der Waals surface area contributed by atoms with Gasteiger partial charge in [-0.1, -0.05) is 6.07 Å². The Morgan fingerprint density at radius 1 is 1.21 bits per heavy atom. The van der Waals surface area contributed by atoms with Crippen LogP contribution in [0.15, 0.2) is 46.4 Å². The second-order valence-corrected chi connectivity index (χ2v) is 10.4. The van der Waals surface area contributed by atoms with Crippen molar-refractivity contribution in [3.05, 3.63) is 59.0 Å². The van der Waals surface area contributed by atoms with Crippen LogP contribution < -0.4 is 4.90 Å². The minimum atomic E-state index is -3.29. The molecule has 1 aromatic carbocycles. The van der Waals surface area contributed by atoms with Crippen molar-refractivity contribution in [2.45, 2.75) is 31.7 Å². The molecule has 0 saturated carbocycles. The first kappa shape index (κ1) is 23.1. The van der Waals surface area contributed by atoms with Crippen LogP contribution in [0.3, 0.4) is 0 Å². The van der Waals surface area contributed by atoms with Crippen molar-refractivity contribution >= 4 is 21.4 Å². The summed E-state index contributed by atoms with van der Waals surface area (Å²) < 4.78 is 29.7. The van der Waals surface area contributed by atoms with Gasteiger partial charge in [-0.15, -0.1) is 0 Å². The SMILES string of the molecule is CN=C(c1ccn[nH]1)c1nc(N2CCOC[C@H]2C)cc(-c2ccc(S(C)(=O)=O)cc2C)c1C. The van der Waals surface area contributed by atoms with Crippen molar-refractivity contribution in [2.24, 2.45) is 4.99 Å². The zero-order chi connectivity index (χ0) is 23.8. The molecule has 2 aromatic heterocycles. The first-order valence-electron chi connectivity index (χ1n) is 10.8. The number of aromatic nitrogens is 3. The van der Waals surface area contributed by atoms with Gasteiger partial charge in [0.1, 0.15) is 11.5 Å². The summed E-state index contributed by atoms with van der Waals surface area (Å²) in [5.74, 6) is 0.841. The second kappa shape index (κ2) is 9.07. The van der Waals surface area contributed by atoms with E-state index in [0.29, 0.717) is 18.1 Å². The van der Waals surface area contributed by atoms with E-state index in [1.165, 1.54) is 6.26 Å². The molecular formula is C24H29N5O3S. The smallest absolute Gasteiger partial charge is 0.175 e. The number of morpholine rings is 1. The molecule has 1 N–H and O–H groups in total. The maximum atomic E-state index is 12.1. The number of hydrogen-bond donors (Lipinski definition) is 1. The van der Waals surface area contributed by atoms with E-state index in [4.69, 9.17) is 9.72 Å². The number of nitrogens with zero attached hydrogens (tertiary/aromatic N) is 4. The van der Waals surface area contributed by atoms with Gasteiger partial charge in [0.2, 0.25) is 0 Å². The van der Waals surface area contributed by atoms with Crippen molar-refractivity contribution in [2.75, 3.05) is 38.0 Å². The zero-order valence-corrected chi connectivity index (χ0v) is 20.4. The van der Waals surface area contributed by atoms with Crippen molar-refractivity contribution in [3.8, 4) is 11.1 Å². The Morgan fingerprint density at radius 2 is 2.00 bits per heavy atom. The Morgan fingerprint density at radius 3 is 2.61 bits per heavy atom. The first-order chi connectivity index (χ1) is 15.7. The highest BCUT2D eigenvalue weighted by atomic mass is 32.2. The maximum absolute atomic E-state index is 12.1. The van der Waals surface area contributed by atoms with E-state index >= 15 is 0 Å². The van der Waals surface area contributed by atoms with Crippen molar-refractivity contribution in [1.82, 2.24) is 15.2 Å². The number of aliphatic imine (C=N–C) groups is 1. The number of sulfone groups is 1. The highest BCUT2D eigenvalue weighted by Crippen LogP contribution is 2.34. The molecule has 0 bridgehead atoms. The molecule has 174 valence electrons. The van der Waals surface area contributed by atoms with Crippen LogP contribution in [-0.2, 0) is 14.6 Å². The van der Waals surface area contributed by atoms with E-state index in [0.717, 1.165) is 51.7 Å². The number of anilines is 1. The van der Waals surface area contributed by atoms with Gasteiger partial charge in [-0.05, 0) is 67.3 Å². The molecule has 9 heteroatoms. The minimum Gasteiger partial charge on any atom is -0.377 e. The Bertz CT molecular complexity index is 1300.